The molecule has 0 aliphatic heterocycles. The second-order valence-electron chi connectivity index (χ2n) is 7.51. The van der Waals surface area contributed by atoms with Crippen LogP contribution in [0.15, 0.2) is 48.7 Å². The number of rotatable bonds is 7. The van der Waals surface area contributed by atoms with Crippen LogP contribution in [0.3, 0.4) is 0 Å². The molecule has 27 heavy (non-hydrogen) atoms. The Balaban J connectivity index is 2.05. The highest BCUT2D eigenvalue weighted by Crippen LogP contribution is 2.29. The minimum atomic E-state index is -3.45. The maximum atomic E-state index is 12.4. The van der Waals surface area contributed by atoms with E-state index in [4.69, 9.17) is 0 Å². The maximum absolute atomic E-state index is 12.4. The molecule has 2 rings (SSSR count). The third-order valence-corrected chi connectivity index (χ3v) is 5.38. The van der Waals surface area contributed by atoms with E-state index in [0.717, 1.165) is 17.5 Å². The van der Waals surface area contributed by atoms with Gasteiger partial charge in [-0.1, -0.05) is 45.0 Å². The number of nitrogens with one attached hydrogen (secondary N) is 1. The van der Waals surface area contributed by atoms with Gasteiger partial charge in [0.05, 0.1) is 18.5 Å². The zero-order valence-electron chi connectivity index (χ0n) is 16.3. The fourth-order valence-corrected chi connectivity index (χ4v) is 3.51. The van der Waals surface area contributed by atoms with Gasteiger partial charge in [0.1, 0.15) is 0 Å². The number of hydrogen-bond donors (Lipinski definition) is 1. The number of sulfonamides is 1. The van der Waals surface area contributed by atoms with Crippen molar-refractivity contribution in [3.05, 3.63) is 59.9 Å². The van der Waals surface area contributed by atoms with Gasteiger partial charge < -0.3 is 5.32 Å². The average Bonchev–Trinajstić information content (AvgIpc) is 2.58. The Morgan fingerprint density at radius 2 is 1.78 bits per heavy atom. The Hall–Kier alpha value is -2.25. The lowest BCUT2D eigenvalue weighted by Crippen LogP contribution is -2.33. The summed E-state index contributed by atoms with van der Waals surface area (Å²) in [6, 6.07) is 13.0. The lowest BCUT2D eigenvalue weighted by Gasteiger charge is -2.23. The number of pyridine rings is 1. The van der Waals surface area contributed by atoms with E-state index in [1.54, 1.807) is 24.4 Å². The smallest absolute Gasteiger partial charge is 0.225 e. The molecule has 0 bridgehead atoms. The molecule has 1 amide bonds. The molecule has 0 fully saturated rings. The largest absolute Gasteiger partial charge is 0.326 e. The van der Waals surface area contributed by atoms with Crippen molar-refractivity contribution in [2.45, 2.75) is 39.2 Å². The van der Waals surface area contributed by atoms with Crippen LogP contribution in [0.5, 0.6) is 0 Å². The van der Waals surface area contributed by atoms with Crippen molar-refractivity contribution in [2.75, 3.05) is 18.1 Å². The standard InChI is InChI=1S/C20H27N3O3S/c1-20(2,3)17-10-5-6-11-18(17)22-19(24)12-14-23(27(4,25)26)15-16-9-7-8-13-21-16/h5-11,13H,12,14-15H2,1-4H3,(H,22,24). The van der Waals surface area contributed by atoms with Crippen molar-refractivity contribution >= 4 is 21.6 Å². The van der Waals surface area contributed by atoms with E-state index in [2.05, 4.69) is 31.1 Å². The molecule has 146 valence electrons. The van der Waals surface area contributed by atoms with Crippen molar-refractivity contribution in [3.8, 4) is 0 Å². The minimum Gasteiger partial charge on any atom is -0.326 e. The van der Waals surface area contributed by atoms with Gasteiger partial charge >= 0.3 is 0 Å². The van der Waals surface area contributed by atoms with Gasteiger partial charge in [-0.3, -0.25) is 9.78 Å². The molecular formula is C20H27N3O3S. The number of carbonyl (C=O) groups excluding carboxylic acids is 1. The summed E-state index contributed by atoms with van der Waals surface area (Å²) in [6.45, 7) is 6.48. The zero-order chi connectivity index (χ0) is 20.1. The van der Waals surface area contributed by atoms with E-state index in [1.807, 2.05) is 24.3 Å². The summed E-state index contributed by atoms with van der Waals surface area (Å²) in [5.41, 5.74) is 2.32. The van der Waals surface area contributed by atoms with Gasteiger partial charge in [-0.05, 0) is 29.2 Å². The monoisotopic (exact) mass is 389 g/mol. The number of amides is 1. The van der Waals surface area contributed by atoms with Crippen LogP contribution in [-0.4, -0.2) is 36.4 Å². The summed E-state index contributed by atoms with van der Waals surface area (Å²) in [4.78, 5) is 16.6. The van der Waals surface area contributed by atoms with Crippen LogP contribution in [0.2, 0.25) is 0 Å². The highest BCUT2D eigenvalue weighted by Gasteiger charge is 2.21. The normalized spacial score (nSPS) is 12.2. The first-order chi connectivity index (χ1) is 12.6. The molecule has 1 aromatic carbocycles. The van der Waals surface area contributed by atoms with Gasteiger partial charge in [0.2, 0.25) is 15.9 Å². The third kappa shape index (κ3) is 6.45. The molecule has 0 aliphatic carbocycles. The van der Waals surface area contributed by atoms with Crippen molar-refractivity contribution < 1.29 is 13.2 Å². The lowest BCUT2D eigenvalue weighted by molar-refractivity contribution is -0.116. The molecule has 7 heteroatoms. The van der Waals surface area contributed by atoms with Gasteiger partial charge in [0.15, 0.2) is 0 Å². The van der Waals surface area contributed by atoms with Gasteiger partial charge in [-0.2, -0.15) is 4.31 Å². The van der Waals surface area contributed by atoms with Crippen molar-refractivity contribution in [1.29, 1.82) is 0 Å². The lowest BCUT2D eigenvalue weighted by atomic mass is 9.86. The van der Waals surface area contributed by atoms with E-state index < -0.39 is 10.0 Å². The van der Waals surface area contributed by atoms with Crippen LogP contribution in [0, 0.1) is 0 Å². The van der Waals surface area contributed by atoms with E-state index in [-0.39, 0.29) is 30.8 Å². The summed E-state index contributed by atoms with van der Waals surface area (Å²) in [7, 11) is -3.45. The highest BCUT2D eigenvalue weighted by atomic mass is 32.2. The SMILES string of the molecule is CC(C)(C)c1ccccc1NC(=O)CCN(Cc1ccccn1)S(C)(=O)=O. The molecule has 0 aliphatic rings. The molecule has 0 radical (unpaired) electrons. The van der Waals surface area contributed by atoms with Crippen LogP contribution < -0.4 is 5.32 Å². The van der Waals surface area contributed by atoms with E-state index in [0.29, 0.717) is 5.69 Å². The van der Waals surface area contributed by atoms with E-state index >= 15 is 0 Å². The van der Waals surface area contributed by atoms with Crippen LogP contribution in [-0.2, 0) is 26.8 Å². The Morgan fingerprint density at radius 3 is 2.37 bits per heavy atom. The second-order valence-corrected chi connectivity index (χ2v) is 9.49. The van der Waals surface area contributed by atoms with Crippen LogP contribution in [0.25, 0.3) is 0 Å². The molecule has 6 nitrogen and oxygen atoms in total. The fourth-order valence-electron chi connectivity index (χ4n) is 2.72. The maximum Gasteiger partial charge on any atom is 0.225 e. The van der Waals surface area contributed by atoms with Crippen molar-refractivity contribution in [3.63, 3.8) is 0 Å². The summed E-state index contributed by atoms with van der Waals surface area (Å²) in [5, 5.41) is 2.91. The van der Waals surface area contributed by atoms with Gasteiger partial charge in [0, 0.05) is 24.8 Å². The van der Waals surface area contributed by atoms with Crippen LogP contribution in [0.1, 0.15) is 38.4 Å². The summed E-state index contributed by atoms with van der Waals surface area (Å²) in [6.07, 6.45) is 2.83. The molecular weight excluding hydrogens is 362 g/mol. The molecule has 0 atom stereocenters. The number of para-hydroxylation sites is 1. The Labute approximate surface area is 161 Å². The topological polar surface area (TPSA) is 79.4 Å². The van der Waals surface area contributed by atoms with Crippen molar-refractivity contribution in [2.24, 2.45) is 0 Å². The van der Waals surface area contributed by atoms with Crippen molar-refractivity contribution in [1.82, 2.24) is 9.29 Å². The van der Waals surface area contributed by atoms with Crippen LogP contribution in [0.4, 0.5) is 5.69 Å². The number of carbonyl (C=O) groups is 1. The number of aromatic nitrogens is 1. The fraction of sp³-hybridized carbons (Fsp3) is 0.400. The molecule has 2 aromatic rings. The second kappa shape index (κ2) is 8.63. The molecule has 1 N–H and O–H groups in total. The first-order valence-electron chi connectivity index (χ1n) is 8.82. The summed E-state index contributed by atoms with van der Waals surface area (Å²) >= 11 is 0. The predicted molar refractivity (Wildman–Crippen MR) is 108 cm³/mol. The highest BCUT2D eigenvalue weighted by molar-refractivity contribution is 7.88. The predicted octanol–water partition coefficient (Wildman–Crippen LogP) is 3.17. The Bertz CT molecular complexity index is 875. The van der Waals surface area contributed by atoms with Gasteiger partial charge in [0.25, 0.3) is 0 Å². The summed E-state index contributed by atoms with van der Waals surface area (Å²) in [5.74, 6) is -0.221. The number of nitrogens with zero attached hydrogens (tertiary/aromatic N) is 2. The minimum absolute atomic E-state index is 0.0678. The van der Waals surface area contributed by atoms with Gasteiger partial charge in [-0.15, -0.1) is 0 Å². The molecule has 0 spiro atoms. The third-order valence-electron chi connectivity index (χ3n) is 4.13. The molecule has 1 heterocycles. The molecule has 1 aromatic heterocycles. The summed E-state index contributed by atoms with van der Waals surface area (Å²) < 4.78 is 25.4. The van der Waals surface area contributed by atoms with Crippen LogP contribution >= 0.6 is 0 Å². The first-order valence-corrected chi connectivity index (χ1v) is 10.7. The molecule has 0 unspecified atom stereocenters. The molecule has 0 saturated carbocycles. The number of benzene rings is 1. The molecule has 0 saturated heterocycles. The van der Waals surface area contributed by atoms with Gasteiger partial charge in [-0.25, -0.2) is 8.42 Å². The Kier molecular flexibility index (Phi) is 6.73. The number of hydrogen-bond acceptors (Lipinski definition) is 4. The quantitative estimate of drug-likeness (QED) is 0.789. The number of anilines is 1. The first kappa shape index (κ1) is 21.1. The average molecular weight is 390 g/mol. The van der Waals surface area contributed by atoms with E-state index in [1.165, 1.54) is 4.31 Å². The Morgan fingerprint density at radius 1 is 1.11 bits per heavy atom. The zero-order valence-corrected chi connectivity index (χ0v) is 17.1. The van der Waals surface area contributed by atoms with E-state index in [9.17, 15) is 13.2 Å².